The smallest absolute Gasteiger partial charge is 0.363 e. The number of cyclic esters (lactones) is 1. The van der Waals surface area contributed by atoms with Gasteiger partial charge in [0.15, 0.2) is 5.70 Å². The van der Waals surface area contributed by atoms with Crippen molar-refractivity contribution in [2.45, 2.75) is 0 Å². The molecule has 1 heterocycles. The van der Waals surface area contributed by atoms with Crippen molar-refractivity contribution in [2.75, 3.05) is 0 Å². The second-order valence-corrected chi connectivity index (χ2v) is 6.25. The molecule has 1 aliphatic heterocycles. The molecular formula is C16H7BrClFN2O4. The van der Waals surface area contributed by atoms with Gasteiger partial charge in [0.1, 0.15) is 10.8 Å². The number of carbonyl (C=O) groups is 1. The molecular weight excluding hydrogens is 419 g/mol. The van der Waals surface area contributed by atoms with Crippen molar-refractivity contribution < 1.29 is 18.8 Å². The monoisotopic (exact) mass is 424 g/mol. The van der Waals surface area contributed by atoms with Crippen molar-refractivity contribution in [1.29, 1.82) is 0 Å². The fourth-order valence-corrected chi connectivity index (χ4v) is 2.66. The van der Waals surface area contributed by atoms with Gasteiger partial charge in [0, 0.05) is 21.7 Å². The molecule has 9 heteroatoms. The Bertz CT molecular complexity index is 975. The number of halogens is 3. The van der Waals surface area contributed by atoms with Crippen LogP contribution in [0.4, 0.5) is 10.1 Å². The molecule has 6 nitrogen and oxygen atoms in total. The third-order valence-electron chi connectivity index (χ3n) is 3.26. The molecule has 0 saturated carbocycles. The summed E-state index contributed by atoms with van der Waals surface area (Å²) in [7, 11) is 0. The normalized spacial score (nSPS) is 15.2. The first kappa shape index (κ1) is 17.2. The predicted octanol–water partition coefficient (Wildman–Crippen LogP) is 4.49. The number of nitro benzene ring substituents is 1. The van der Waals surface area contributed by atoms with Crippen LogP contribution in [0.5, 0.6) is 0 Å². The molecule has 0 saturated heterocycles. The standard InChI is InChI=1S/C16H7BrClFN2O4/c17-10-2-4-12(19)9(5-10)6-13-16(22)25-15(20-13)8-1-3-11(18)14(7-8)21(23)24/h1-7H/b13-6-. The Hall–Kier alpha value is -2.58. The second-order valence-electron chi connectivity index (χ2n) is 4.93. The Labute approximate surface area is 153 Å². The van der Waals surface area contributed by atoms with Gasteiger partial charge in [0.25, 0.3) is 5.69 Å². The Balaban J connectivity index is 2.01. The maximum absolute atomic E-state index is 13.8. The number of hydrogen-bond donors (Lipinski definition) is 0. The highest BCUT2D eigenvalue weighted by Gasteiger charge is 2.26. The summed E-state index contributed by atoms with van der Waals surface area (Å²) in [6.45, 7) is 0. The highest BCUT2D eigenvalue weighted by Crippen LogP contribution is 2.28. The molecule has 2 aromatic rings. The van der Waals surface area contributed by atoms with Gasteiger partial charge >= 0.3 is 5.97 Å². The average molecular weight is 426 g/mol. The molecule has 0 amide bonds. The van der Waals surface area contributed by atoms with E-state index >= 15 is 0 Å². The van der Waals surface area contributed by atoms with Gasteiger partial charge in [-0.15, -0.1) is 0 Å². The number of hydrogen-bond acceptors (Lipinski definition) is 5. The zero-order valence-corrected chi connectivity index (χ0v) is 14.5. The predicted molar refractivity (Wildman–Crippen MR) is 92.8 cm³/mol. The first-order valence-corrected chi connectivity index (χ1v) is 7.94. The Morgan fingerprint density at radius 3 is 2.76 bits per heavy atom. The van der Waals surface area contributed by atoms with Crippen LogP contribution in [0.1, 0.15) is 11.1 Å². The fraction of sp³-hybridized carbons (Fsp3) is 0. The number of esters is 1. The van der Waals surface area contributed by atoms with Crippen molar-refractivity contribution in [3.05, 3.63) is 78.6 Å². The molecule has 2 aromatic carbocycles. The van der Waals surface area contributed by atoms with Crippen molar-refractivity contribution in [1.82, 2.24) is 0 Å². The van der Waals surface area contributed by atoms with Crippen LogP contribution >= 0.6 is 27.5 Å². The van der Waals surface area contributed by atoms with Crippen molar-refractivity contribution in [3.63, 3.8) is 0 Å². The fourth-order valence-electron chi connectivity index (χ4n) is 2.09. The summed E-state index contributed by atoms with van der Waals surface area (Å²) in [6.07, 6.45) is 1.24. The molecule has 1 aliphatic rings. The first-order valence-electron chi connectivity index (χ1n) is 6.77. The summed E-state index contributed by atoms with van der Waals surface area (Å²) < 4.78 is 19.4. The third-order valence-corrected chi connectivity index (χ3v) is 4.07. The lowest BCUT2D eigenvalue weighted by Gasteiger charge is -2.00. The zero-order chi connectivity index (χ0) is 18.1. The Kier molecular flexibility index (Phi) is 4.65. The minimum absolute atomic E-state index is 0.0503. The van der Waals surface area contributed by atoms with Crippen LogP contribution < -0.4 is 0 Å². The highest BCUT2D eigenvalue weighted by molar-refractivity contribution is 9.10. The van der Waals surface area contributed by atoms with E-state index in [1.165, 1.54) is 36.4 Å². The van der Waals surface area contributed by atoms with Gasteiger partial charge in [-0.3, -0.25) is 10.1 Å². The van der Waals surface area contributed by atoms with Crippen LogP contribution in [0, 0.1) is 15.9 Å². The van der Waals surface area contributed by atoms with Gasteiger partial charge in [-0.1, -0.05) is 27.5 Å². The number of aliphatic imine (C=N–C) groups is 1. The van der Waals surface area contributed by atoms with Crippen molar-refractivity contribution in [3.8, 4) is 0 Å². The molecule has 0 radical (unpaired) electrons. The Morgan fingerprint density at radius 1 is 1.28 bits per heavy atom. The summed E-state index contributed by atoms with van der Waals surface area (Å²) in [4.78, 5) is 26.2. The average Bonchev–Trinajstić information content (AvgIpc) is 2.92. The van der Waals surface area contributed by atoms with Crippen molar-refractivity contribution >= 4 is 51.2 Å². The molecule has 0 aromatic heterocycles. The number of rotatable bonds is 3. The largest absolute Gasteiger partial charge is 0.402 e. The van der Waals surface area contributed by atoms with Crippen molar-refractivity contribution in [2.24, 2.45) is 4.99 Å². The molecule has 0 atom stereocenters. The molecule has 0 N–H and O–H groups in total. The molecule has 126 valence electrons. The van der Waals surface area contributed by atoms with E-state index in [0.29, 0.717) is 4.47 Å². The van der Waals surface area contributed by atoms with Crippen LogP contribution in [0.3, 0.4) is 0 Å². The molecule has 0 unspecified atom stereocenters. The second kappa shape index (κ2) is 6.73. The van der Waals surface area contributed by atoms with Crippen LogP contribution in [-0.2, 0) is 9.53 Å². The van der Waals surface area contributed by atoms with Gasteiger partial charge in [-0.25, -0.2) is 14.2 Å². The first-order chi connectivity index (χ1) is 11.8. The van der Waals surface area contributed by atoms with Crippen LogP contribution in [0.2, 0.25) is 5.02 Å². The van der Waals surface area contributed by atoms with E-state index < -0.39 is 16.7 Å². The van der Waals surface area contributed by atoms with Gasteiger partial charge < -0.3 is 4.74 Å². The van der Waals surface area contributed by atoms with E-state index in [0.717, 1.165) is 6.07 Å². The molecule has 3 rings (SSSR count). The molecule has 25 heavy (non-hydrogen) atoms. The number of carbonyl (C=O) groups excluding carboxylic acids is 1. The lowest BCUT2D eigenvalue weighted by Crippen LogP contribution is -2.06. The van der Waals surface area contributed by atoms with E-state index in [1.54, 1.807) is 0 Å². The quantitative estimate of drug-likeness (QED) is 0.314. The summed E-state index contributed by atoms with van der Waals surface area (Å²) in [5, 5.41) is 10.9. The number of nitro groups is 1. The maximum Gasteiger partial charge on any atom is 0.363 e. The molecule has 0 fully saturated rings. The molecule has 0 bridgehead atoms. The SMILES string of the molecule is O=C1OC(c2ccc(Cl)c([N+](=O)[O-])c2)=N/C1=C\c1cc(Br)ccc1F. The highest BCUT2D eigenvalue weighted by atomic mass is 79.9. The number of benzene rings is 2. The van der Waals surface area contributed by atoms with E-state index in [1.807, 2.05) is 0 Å². The van der Waals surface area contributed by atoms with Gasteiger partial charge in [0.05, 0.1) is 4.92 Å². The third kappa shape index (κ3) is 3.59. The minimum atomic E-state index is -0.785. The zero-order valence-electron chi connectivity index (χ0n) is 12.2. The lowest BCUT2D eigenvalue weighted by molar-refractivity contribution is -0.384. The van der Waals surface area contributed by atoms with Gasteiger partial charge in [-0.2, -0.15) is 0 Å². The summed E-state index contributed by atoms with van der Waals surface area (Å²) in [6, 6.07) is 8.13. The lowest BCUT2D eigenvalue weighted by atomic mass is 10.2. The topological polar surface area (TPSA) is 81.8 Å². The molecule has 0 spiro atoms. The van der Waals surface area contributed by atoms with Crippen LogP contribution in [0.15, 0.2) is 51.6 Å². The number of ether oxygens (including phenoxy) is 1. The van der Waals surface area contributed by atoms with Crippen LogP contribution in [-0.4, -0.2) is 16.8 Å². The van der Waals surface area contributed by atoms with E-state index in [-0.39, 0.29) is 33.4 Å². The summed E-state index contributed by atoms with van der Waals surface area (Å²) in [5.74, 6) is -1.44. The van der Waals surface area contributed by atoms with E-state index in [4.69, 9.17) is 16.3 Å². The van der Waals surface area contributed by atoms with E-state index in [9.17, 15) is 19.3 Å². The minimum Gasteiger partial charge on any atom is -0.402 e. The van der Waals surface area contributed by atoms with E-state index in [2.05, 4.69) is 20.9 Å². The van der Waals surface area contributed by atoms with Gasteiger partial charge in [-0.05, 0) is 36.4 Å². The number of nitrogens with zero attached hydrogens (tertiary/aromatic N) is 2. The summed E-state index contributed by atoms with van der Waals surface area (Å²) in [5.41, 5.74) is -0.103. The Morgan fingerprint density at radius 2 is 2.04 bits per heavy atom. The molecule has 0 aliphatic carbocycles. The summed E-state index contributed by atoms with van der Waals surface area (Å²) >= 11 is 8.96. The maximum atomic E-state index is 13.8. The van der Waals surface area contributed by atoms with Crippen LogP contribution in [0.25, 0.3) is 6.08 Å². The van der Waals surface area contributed by atoms with Gasteiger partial charge in [0.2, 0.25) is 5.90 Å².